The molecular weight excluding hydrogens is 851 g/mol. The molecule has 19 nitrogen and oxygen atoms in total. The van der Waals surface area contributed by atoms with Crippen molar-refractivity contribution in [1.82, 2.24) is 26.2 Å². The number of nitrogens with one attached hydrogen (secondary N) is 4. The number of hydrogen-bond donors (Lipinski definition) is 8. The summed E-state index contributed by atoms with van der Waals surface area (Å²) in [5.41, 5.74) is 20.2. The second-order valence-corrected chi connectivity index (χ2v) is 15.9. The minimum absolute atomic E-state index is 0.00811. The van der Waals surface area contributed by atoms with E-state index < -0.39 is 66.3 Å². The van der Waals surface area contributed by atoms with Gasteiger partial charge < -0.3 is 62.7 Å². The highest BCUT2D eigenvalue weighted by atomic mass is 16.5. The summed E-state index contributed by atoms with van der Waals surface area (Å²) >= 11 is 0. The minimum Gasteiger partial charge on any atom is -0.492 e. The molecule has 11 N–H and O–H groups in total. The second kappa shape index (κ2) is 26.3. The number of nitrogens with zero attached hydrogens (tertiary/aromatic N) is 2. The number of rotatable bonds is 23. The van der Waals surface area contributed by atoms with Gasteiger partial charge >= 0.3 is 5.97 Å². The highest BCUT2D eigenvalue weighted by Crippen LogP contribution is 2.40. The first-order chi connectivity index (χ1) is 31.8. The fourth-order valence-corrected chi connectivity index (χ4v) is 7.47. The number of nitrogens with two attached hydrogens (primary N) is 3. The number of carbonyl (C=O) groups excluding carboxylic acids is 5. The molecular formula is C47H63N9O10. The number of carboxylic acid groups (broad SMARTS) is 1. The van der Waals surface area contributed by atoms with E-state index in [4.69, 9.17) is 36.7 Å². The second-order valence-electron chi connectivity index (χ2n) is 15.9. The standard InChI is InChI=1S/C47H63N9O10/c1-4-5-6-7-8-9-30-10-13-33(40(26-30)66-28-41(57)58)44(60)54-36(16-17-48)47(63)56(3)42-32-12-15-39(65-23-20-51)35(27-32)34-24-31(11-14-38(34)64-22-19-50)25-37(45(61)52-21-18-49)55-43(59)29(2)53-46(42)62/h10-15,24,26-27,29,36-37,42H,4-9,16-17,19-23,25,28,48,50-51H2,1-3H3,(H,52,61)(H,53,62)(H,54,60)(H,55,59)(H,57,58). The molecule has 3 aromatic rings. The number of carboxylic acids is 1. The molecule has 19 heteroatoms. The van der Waals surface area contributed by atoms with Crippen LogP contribution in [0.1, 0.15) is 85.5 Å². The average Bonchev–Trinajstić information content (AvgIpc) is 3.30. The molecule has 66 heavy (non-hydrogen) atoms. The average molecular weight is 914 g/mol. The fraction of sp³-hybridized carbons (Fsp3) is 0.468. The van der Waals surface area contributed by atoms with Crippen molar-refractivity contribution in [2.75, 3.05) is 53.0 Å². The smallest absolute Gasteiger partial charge is 0.341 e. The lowest BCUT2D eigenvalue weighted by molar-refractivity contribution is -0.141. The van der Waals surface area contributed by atoms with E-state index in [0.717, 1.165) is 42.6 Å². The van der Waals surface area contributed by atoms with Crippen LogP contribution in [-0.4, -0.2) is 117 Å². The highest BCUT2D eigenvalue weighted by molar-refractivity contribution is 6.01. The molecule has 0 spiro atoms. The zero-order chi connectivity index (χ0) is 48.2. The molecule has 1 heterocycles. The lowest BCUT2D eigenvalue weighted by Gasteiger charge is -2.32. The maximum absolute atomic E-state index is 14.7. The van der Waals surface area contributed by atoms with E-state index in [-0.39, 0.29) is 69.1 Å². The molecule has 1 aliphatic heterocycles. The highest BCUT2D eigenvalue weighted by Gasteiger charge is 2.36. The van der Waals surface area contributed by atoms with Gasteiger partial charge in [-0.05, 0) is 85.8 Å². The van der Waals surface area contributed by atoms with E-state index in [1.54, 1.807) is 48.5 Å². The van der Waals surface area contributed by atoms with Gasteiger partial charge in [0.25, 0.3) is 5.91 Å². The first-order valence-corrected chi connectivity index (χ1v) is 22.2. The third-order valence-electron chi connectivity index (χ3n) is 10.8. The van der Waals surface area contributed by atoms with Crippen LogP contribution in [0.2, 0.25) is 0 Å². The molecule has 0 saturated carbocycles. The number of unbranched alkanes of at least 4 members (excludes halogenated alkanes) is 4. The van der Waals surface area contributed by atoms with Gasteiger partial charge in [0.05, 0.1) is 11.6 Å². The topological polar surface area (TPSA) is 304 Å². The van der Waals surface area contributed by atoms with E-state index in [9.17, 15) is 33.9 Å². The zero-order valence-corrected chi connectivity index (χ0v) is 37.9. The van der Waals surface area contributed by atoms with Crippen LogP contribution in [0, 0.1) is 11.3 Å². The van der Waals surface area contributed by atoms with Crippen LogP contribution in [0.15, 0.2) is 54.6 Å². The van der Waals surface area contributed by atoms with Crippen LogP contribution in [0.25, 0.3) is 11.1 Å². The summed E-state index contributed by atoms with van der Waals surface area (Å²) in [7, 11) is 1.37. The lowest BCUT2D eigenvalue weighted by Crippen LogP contribution is -2.56. The van der Waals surface area contributed by atoms with Crippen molar-refractivity contribution < 1.29 is 48.1 Å². The van der Waals surface area contributed by atoms with Crippen molar-refractivity contribution in [1.29, 1.82) is 5.26 Å². The predicted molar refractivity (Wildman–Crippen MR) is 245 cm³/mol. The number of carbonyl (C=O) groups is 6. The van der Waals surface area contributed by atoms with Crippen molar-refractivity contribution >= 4 is 35.5 Å². The Morgan fingerprint density at radius 3 is 2.20 bits per heavy atom. The number of aliphatic carboxylic acids is 1. The van der Waals surface area contributed by atoms with Gasteiger partial charge in [0, 0.05) is 37.7 Å². The monoisotopic (exact) mass is 913 g/mol. The summed E-state index contributed by atoms with van der Waals surface area (Å²) in [5, 5.41) is 29.2. The number of ether oxygens (including phenoxy) is 3. The van der Waals surface area contributed by atoms with Gasteiger partial charge in [0.2, 0.25) is 23.6 Å². The summed E-state index contributed by atoms with van der Waals surface area (Å²) in [6.07, 6.45) is 5.81. The van der Waals surface area contributed by atoms with E-state index in [0.29, 0.717) is 34.6 Å². The Morgan fingerprint density at radius 1 is 0.864 bits per heavy atom. The summed E-state index contributed by atoms with van der Waals surface area (Å²) < 4.78 is 17.7. The van der Waals surface area contributed by atoms with Crippen LogP contribution in [0.3, 0.4) is 0 Å². The molecule has 0 aromatic heterocycles. The van der Waals surface area contributed by atoms with Gasteiger partial charge in [-0.25, -0.2) is 4.79 Å². The third-order valence-corrected chi connectivity index (χ3v) is 10.8. The molecule has 356 valence electrons. The molecule has 5 amide bonds. The maximum atomic E-state index is 14.7. The Labute approximate surface area is 385 Å². The lowest BCUT2D eigenvalue weighted by atomic mass is 9.93. The van der Waals surface area contributed by atoms with Crippen molar-refractivity contribution in [3.05, 3.63) is 76.9 Å². The zero-order valence-electron chi connectivity index (χ0n) is 37.9. The molecule has 0 fully saturated rings. The van der Waals surface area contributed by atoms with Gasteiger partial charge in [-0.1, -0.05) is 50.8 Å². The fourth-order valence-electron chi connectivity index (χ4n) is 7.47. The van der Waals surface area contributed by atoms with Gasteiger partial charge in [0.15, 0.2) is 6.61 Å². The first-order valence-electron chi connectivity index (χ1n) is 22.2. The largest absolute Gasteiger partial charge is 0.492 e. The van der Waals surface area contributed by atoms with Crippen LogP contribution in [0.5, 0.6) is 17.2 Å². The summed E-state index contributed by atoms with van der Waals surface area (Å²) in [4.78, 5) is 83.0. The summed E-state index contributed by atoms with van der Waals surface area (Å²) in [6.45, 7) is 3.06. The van der Waals surface area contributed by atoms with Crippen molar-refractivity contribution in [3.63, 3.8) is 0 Å². The molecule has 0 radical (unpaired) electrons. The van der Waals surface area contributed by atoms with Gasteiger partial charge in [-0.2, -0.15) is 5.26 Å². The number of fused-ring (bicyclic) bond motifs is 5. The number of aryl methyl sites for hydroxylation is 1. The number of hydrogen-bond acceptors (Lipinski definition) is 13. The van der Waals surface area contributed by atoms with Gasteiger partial charge in [-0.15, -0.1) is 0 Å². The summed E-state index contributed by atoms with van der Waals surface area (Å²) in [5.74, 6) is -4.12. The summed E-state index contributed by atoms with van der Waals surface area (Å²) in [6, 6.07) is 11.6. The Bertz CT molecular complexity index is 2210. The van der Waals surface area contributed by atoms with Crippen LogP contribution in [0.4, 0.5) is 0 Å². The number of nitriles is 1. The van der Waals surface area contributed by atoms with E-state index in [2.05, 4.69) is 28.2 Å². The van der Waals surface area contributed by atoms with Crippen molar-refractivity contribution in [3.8, 4) is 34.4 Å². The minimum atomic E-state index is -1.45. The van der Waals surface area contributed by atoms with Crippen LogP contribution < -0.4 is 52.7 Å². The predicted octanol–water partition coefficient (Wildman–Crippen LogP) is 1.84. The van der Waals surface area contributed by atoms with Gasteiger partial charge in [-0.3, -0.25) is 24.0 Å². The normalized spacial score (nSPS) is 16.3. The molecule has 4 rings (SSSR count). The van der Waals surface area contributed by atoms with Gasteiger partial charge in [0.1, 0.15) is 61.2 Å². The Hall–Kier alpha value is -6.75. The Morgan fingerprint density at radius 2 is 1.55 bits per heavy atom. The SMILES string of the molecule is CCCCCCCc1ccc(C(=O)NC(CCN)C(=O)N(C)C2C(=O)NC(C)C(=O)NC(C(=O)NCC#N)Cc3ccc(OCCN)c(c3)-c3cc2ccc3OCCN)c(OCC(=O)O)c1. The molecule has 4 atom stereocenters. The maximum Gasteiger partial charge on any atom is 0.341 e. The molecule has 3 aromatic carbocycles. The first kappa shape index (κ1) is 51.9. The quantitative estimate of drug-likeness (QED) is 0.0498. The number of amides is 5. The molecule has 0 saturated heterocycles. The Balaban J connectivity index is 1.81. The van der Waals surface area contributed by atoms with E-state index in [1.807, 2.05) is 6.07 Å². The molecule has 1 aliphatic rings. The number of benzene rings is 3. The molecule has 4 bridgehead atoms. The van der Waals surface area contributed by atoms with E-state index >= 15 is 0 Å². The molecule has 4 unspecified atom stereocenters. The van der Waals surface area contributed by atoms with Crippen molar-refractivity contribution in [2.24, 2.45) is 17.2 Å². The van der Waals surface area contributed by atoms with Crippen molar-refractivity contribution in [2.45, 2.75) is 89.4 Å². The third kappa shape index (κ3) is 14.6. The molecule has 0 aliphatic carbocycles. The Kier molecular flexibility index (Phi) is 20.6. The number of likely N-dealkylation sites (N-methyl/N-ethyl adjacent to an activating group) is 1. The van der Waals surface area contributed by atoms with Crippen LogP contribution in [-0.2, 0) is 36.8 Å². The van der Waals surface area contributed by atoms with E-state index in [1.165, 1.54) is 20.0 Å². The van der Waals surface area contributed by atoms with Crippen LogP contribution >= 0.6 is 0 Å².